The lowest BCUT2D eigenvalue weighted by atomic mass is 10.2. The minimum absolute atomic E-state index is 0.154. The molecule has 2 aromatic carbocycles. The maximum Gasteiger partial charge on any atom is 0.238 e. The molecule has 6 heteroatoms. The van der Waals surface area contributed by atoms with Gasteiger partial charge in [-0.3, -0.25) is 4.79 Å². The van der Waals surface area contributed by atoms with Crippen LogP contribution in [0.25, 0.3) is 0 Å². The van der Waals surface area contributed by atoms with Gasteiger partial charge in [-0.25, -0.2) is 0 Å². The minimum atomic E-state index is -0.154. The van der Waals surface area contributed by atoms with Crippen molar-refractivity contribution < 1.29 is 14.3 Å². The monoisotopic (exact) mass is 334 g/mol. The number of rotatable bonds is 7. The Morgan fingerprint density at radius 3 is 2.52 bits per heavy atom. The van der Waals surface area contributed by atoms with Crippen LogP contribution in [0.5, 0.6) is 11.5 Å². The molecule has 0 atom stereocenters. The maximum absolute atomic E-state index is 11.9. The molecular weight excluding hydrogens is 316 g/mol. The highest BCUT2D eigenvalue weighted by Crippen LogP contribution is 2.27. The number of benzene rings is 2. The fourth-order valence-corrected chi connectivity index (χ4v) is 2.25. The van der Waals surface area contributed by atoms with Gasteiger partial charge in [0.15, 0.2) is 11.5 Å². The first-order valence-electron chi connectivity index (χ1n) is 7.10. The fourth-order valence-electron chi connectivity index (χ4n) is 2.07. The van der Waals surface area contributed by atoms with E-state index in [4.69, 9.17) is 21.1 Å². The van der Waals surface area contributed by atoms with E-state index in [1.807, 2.05) is 30.3 Å². The molecule has 0 heterocycles. The smallest absolute Gasteiger partial charge is 0.238 e. The predicted octanol–water partition coefficient (Wildman–Crippen LogP) is 3.09. The van der Waals surface area contributed by atoms with Crippen LogP contribution < -0.4 is 20.1 Å². The van der Waals surface area contributed by atoms with Gasteiger partial charge in [-0.2, -0.15) is 0 Å². The molecule has 0 spiro atoms. The van der Waals surface area contributed by atoms with Crippen LogP contribution in [-0.2, 0) is 11.3 Å². The Labute approximate surface area is 140 Å². The Balaban J connectivity index is 1.85. The van der Waals surface area contributed by atoms with Gasteiger partial charge in [0.2, 0.25) is 5.91 Å². The van der Waals surface area contributed by atoms with E-state index >= 15 is 0 Å². The van der Waals surface area contributed by atoms with Gasteiger partial charge in [0.25, 0.3) is 0 Å². The molecular formula is C17H19ClN2O3. The second-order valence-electron chi connectivity index (χ2n) is 4.82. The van der Waals surface area contributed by atoms with Crippen LogP contribution in [0.2, 0.25) is 5.02 Å². The van der Waals surface area contributed by atoms with Crippen LogP contribution in [0.15, 0.2) is 42.5 Å². The first kappa shape index (κ1) is 17.1. The Morgan fingerprint density at radius 2 is 1.83 bits per heavy atom. The van der Waals surface area contributed by atoms with E-state index in [1.54, 1.807) is 26.4 Å². The van der Waals surface area contributed by atoms with Crippen LogP contribution in [0, 0.1) is 0 Å². The molecule has 0 fully saturated rings. The van der Waals surface area contributed by atoms with Crippen molar-refractivity contribution in [2.75, 3.05) is 26.1 Å². The molecule has 1 amide bonds. The Hall–Kier alpha value is -2.24. The van der Waals surface area contributed by atoms with E-state index in [9.17, 15) is 4.79 Å². The number of para-hydroxylation sites is 1. The highest BCUT2D eigenvalue weighted by atomic mass is 35.5. The number of hydrogen-bond donors (Lipinski definition) is 2. The summed E-state index contributed by atoms with van der Waals surface area (Å²) in [6.07, 6.45) is 0. The average molecular weight is 335 g/mol. The number of anilines is 1. The second-order valence-corrected chi connectivity index (χ2v) is 5.23. The van der Waals surface area contributed by atoms with Gasteiger partial charge < -0.3 is 20.1 Å². The first-order chi connectivity index (χ1) is 11.1. The number of carbonyl (C=O) groups is 1. The molecule has 0 aromatic heterocycles. The Bertz CT molecular complexity index is 677. The molecule has 0 aliphatic carbocycles. The van der Waals surface area contributed by atoms with Crippen molar-refractivity contribution in [2.24, 2.45) is 0 Å². The minimum Gasteiger partial charge on any atom is -0.493 e. The molecule has 2 aromatic rings. The highest BCUT2D eigenvalue weighted by molar-refractivity contribution is 6.33. The predicted molar refractivity (Wildman–Crippen MR) is 91.3 cm³/mol. The number of nitrogens with one attached hydrogen (secondary N) is 2. The van der Waals surface area contributed by atoms with E-state index in [2.05, 4.69) is 10.6 Å². The van der Waals surface area contributed by atoms with Crippen LogP contribution in [-0.4, -0.2) is 26.7 Å². The zero-order valence-electron chi connectivity index (χ0n) is 13.1. The van der Waals surface area contributed by atoms with Crippen molar-refractivity contribution in [3.05, 3.63) is 53.1 Å². The zero-order valence-corrected chi connectivity index (χ0v) is 13.8. The summed E-state index contributed by atoms with van der Waals surface area (Å²) in [6.45, 7) is 0.718. The molecule has 0 unspecified atom stereocenters. The summed E-state index contributed by atoms with van der Waals surface area (Å²) < 4.78 is 10.4. The van der Waals surface area contributed by atoms with Crippen molar-refractivity contribution in [3.8, 4) is 11.5 Å². The number of ether oxygens (including phenoxy) is 2. The Morgan fingerprint density at radius 1 is 1.09 bits per heavy atom. The summed E-state index contributed by atoms with van der Waals surface area (Å²) in [7, 11) is 3.18. The molecule has 122 valence electrons. The molecule has 0 aliphatic heterocycles. The van der Waals surface area contributed by atoms with Gasteiger partial charge in [-0.1, -0.05) is 29.8 Å². The van der Waals surface area contributed by atoms with Crippen LogP contribution in [0.3, 0.4) is 0 Å². The summed E-state index contributed by atoms with van der Waals surface area (Å²) in [5.41, 5.74) is 1.60. The molecule has 23 heavy (non-hydrogen) atoms. The number of methoxy groups -OCH3 is 2. The number of hydrogen-bond acceptors (Lipinski definition) is 4. The van der Waals surface area contributed by atoms with E-state index in [0.717, 1.165) is 5.56 Å². The lowest BCUT2D eigenvalue weighted by Gasteiger charge is -2.11. The molecule has 0 aliphatic rings. The summed E-state index contributed by atoms with van der Waals surface area (Å²) in [5.74, 6) is 1.18. The van der Waals surface area contributed by atoms with Crippen LogP contribution >= 0.6 is 11.6 Å². The highest BCUT2D eigenvalue weighted by Gasteiger charge is 2.07. The van der Waals surface area contributed by atoms with Crippen LogP contribution in [0.4, 0.5) is 5.69 Å². The molecule has 0 bridgehead atoms. The van der Waals surface area contributed by atoms with Gasteiger partial charge in [0.05, 0.1) is 31.5 Å². The molecule has 0 saturated heterocycles. The zero-order chi connectivity index (χ0) is 16.7. The SMILES string of the molecule is COc1ccc(CNCC(=O)Nc2ccccc2Cl)cc1OC. The van der Waals surface area contributed by atoms with Gasteiger partial charge in [0, 0.05) is 6.54 Å². The third-order valence-corrected chi connectivity index (χ3v) is 3.54. The van der Waals surface area contributed by atoms with E-state index < -0.39 is 0 Å². The summed E-state index contributed by atoms with van der Waals surface area (Å²) >= 11 is 6.00. The molecule has 2 N–H and O–H groups in total. The van der Waals surface area contributed by atoms with E-state index in [1.165, 1.54) is 0 Å². The van der Waals surface area contributed by atoms with Crippen molar-refractivity contribution >= 4 is 23.2 Å². The standard InChI is InChI=1S/C17H19ClN2O3/c1-22-15-8-7-12(9-16(15)23-2)10-19-11-17(21)20-14-6-4-3-5-13(14)18/h3-9,19H,10-11H2,1-2H3,(H,20,21). The molecule has 5 nitrogen and oxygen atoms in total. The van der Waals surface area contributed by atoms with Gasteiger partial charge in [0.1, 0.15) is 0 Å². The van der Waals surface area contributed by atoms with Crippen molar-refractivity contribution in [1.29, 1.82) is 0 Å². The Kier molecular flexibility index (Phi) is 6.26. The summed E-state index contributed by atoms with van der Waals surface area (Å²) in [4.78, 5) is 11.9. The fraction of sp³-hybridized carbons (Fsp3) is 0.235. The average Bonchev–Trinajstić information content (AvgIpc) is 2.56. The number of carbonyl (C=O) groups excluding carboxylic acids is 1. The number of halogens is 1. The largest absolute Gasteiger partial charge is 0.493 e. The van der Waals surface area contributed by atoms with Gasteiger partial charge >= 0.3 is 0 Å². The third kappa shape index (κ3) is 4.87. The maximum atomic E-state index is 11.9. The molecule has 0 saturated carbocycles. The van der Waals surface area contributed by atoms with Crippen molar-refractivity contribution in [3.63, 3.8) is 0 Å². The summed E-state index contributed by atoms with van der Waals surface area (Å²) in [5, 5.41) is 6.35. The third-order valence-electron chi connectivity index (χ3n) is 3.21. The lowest BCUT2D eigenvalue weighted by molar-refractivity contribution is -0.115. The van der Waals surface area contributed by atoms with Gasteiger partial charge in [-0.05, 0) is 29.8 Å². The van der Waals surface area contributed by atoms with E-state index in [-0.39, 0.29) is 12.5 Å². The van der Waals surface area contributed by atoms with Gasteiger partial charge in [-0.15, -0.1) is 0 Å². The lowest BCUT2D eigenvalue weighted by Crippen LogP contribution is -2.27. The van der Waals surface area contributed by atoms with Crippen LogP contribution in [0.1, 0.15) is 5.56 Å². The molecule has 2 rings (SSSR count). The van der Waals surface area contributed by atoms with Crippen molar-refractivity contribution in [2.45, 2.75) is 6.54 Å². The van der Waals surface area contributed by atoms with Crippen molar-refractivity contribution in [1.82, 2.24) is 5.32 Å². The number of amides is 1. The summed E-state index contributed by atoms with van der Waals surface area (Å²) in [6, 6.07) is 12.7. The quantitative estimate of drug-likeness (QED) is 0.817. The second kappa shape index (κ2) is 8.41. The van der Waals surface area contributed by atoms with E-state index in [0.29, 0.717) is 28.8 Å². The normalized spacial score (nSPS) is 10.2. The topological polar surface area (TPSA) is 59.6 Å². The molecule has 0 radical (unpaired) electrons. The first-order valence-corrected chi connectivity index (χ1v) is 7.48.